The molecule has 0 aliphatic heterocycles. The zero-order chi connectivity index (χ0) is 10.9. The summed E-state index contributed by atoms with van der Waals surface area (Å²) in [5, 5.41) is 6.66. The van der Waals surface area contributed by atoms with E-state index >= 15 is 0 Å². The lowest BCUT2D eigenvalue weighted by molar-refractivity contribution is -0.0670. The highest BCUT2D eigenvalue weighted by atomic mass is 32.1. The van der Waals surface area contributed by atoms with Gasteiger partial charge in [-0.15, -0.1) is 0 Å². The van der Waals surface area contributed by atoms with E-state index in [1.165, 1.54) is 4.68 Å². The summed E-state index contributed by atoms with van der Waals surface area (Å²) in [6.07, 6.45) is 0.107. The zero-order valence-electron chi connectivity index (χ0n) is 8.87. The van der Waals surface area contributed by atoms with E-state index in [9.17, 15) is 0 Å². The van der Waals surface area contributed by atoms with Crippen LogP contribution in [0, 0.1) is 4.77 Å². The minimum absolute atomic E-state index is 0.107. The Hall–Kier alpha value is -0.880. The normalized spacial score (nSPS) is 12.4. The fourth-order valence-corrected chi connectivity index (χ4v) is 1.50. The summed E-state index contributed by atoms with van der Waals surface area (Å²) >= 11 is 4.92. The fourth-order valence-electron chi connectivity index (χ4n) is 1.37. The smallest absolute Gasteiger partial charge is 0.214 e. The summed E-state index contributed by atoms with van der Waals surface area (Å²) in [5.74, 6) is 6.30. The van der Waals surface area contributed by atoms with Gasteiger partial charge in [0, 0.05) is 0 Å². The molecule has 1 aromatic heterocycles. The number of aromatic amines is 1. The van der Waals surface area contributed by atoms with Crippen LogP contribution in [0.3, 0.4) is 0 Å². The second-order valence-electron chi connectivity index (χ2n) is 3.90. The molecule has 1 rings (SSSR count). The minimum Gasteiger partial charge on any atom is -0.365 e. The maximum Gasteiger partial charge on any atom is 0.214 e. The average molecular weight is 216 g/mol. The van der Waals surface area contributed by atoms with Crippen molar-refractivity contribution in [3.63, 3.8) is 0 Å². The molecule has 0 unspecified atom stereocenters. The van der Waals surface area contributed by atoms with Crippen LogP contribution in [0.5, 0.6) is 0 Å². The van der Waals surface area contributed by atoms with Gasteiger partial charge in [-0.3, -0.25) is 5.10 Å². The van der Waals surface area contributed by atoms with E-state index in [0.717, 1.165) is 0 Å². The summed E-state index contributed by atoms with van der Waals surface area (Å²) in [7, 11) is 0. The number of rotatable bonds is 3. The van der Waals surface area contributed by atoms with Gasteiger partial charge in [0.25, 0.3) is 0 Å². The van der Waals surface area contributed by atoms with Gasteiger partial charge in [-0.05, 0) is 39.9 Å². The number of nitrogen functional groups attached to an aromatic ring is 1. The first kappa shape index (κ1) is 11.2. The summed E-state index contributed by atoms with van der Waals surface area (Å²) in [6, 6.07) is 0. The van der Waals surface area contributed by atoms with Crippen molar-refractivity contribution in [2.75, 3.05) is 5.84 Å². The van der Waals surface area contributed by atoms with Gasteiger partial charge in [-0.2, -0.15) is 5.10 Å². The third kappa shape index (κ3) is 2.13. The number of ether oxygens (including phenoxy) is 1. The Balaban J connectivity index is 3.03. The Bertz CT molecular complexity index is 366. The predicted molar refractivity (Wildman–Crippen MR) is 56.8 cm³/mol. The second-order valence-corrected chi connectivity index (χ2v) is 4.29. The van der Waals surface area contributed by atoms with E-state index in [2.05, 4.69) is 10.2 Å². The summed E-state index contributed by atoms with van der Waals surface area (Å²) in [6.45, 7) is 7.73. The molecular formula is C8H16N4OS. The Morgan fingerprint density at radius 3 is 2.50 bits per heavy atom. The molecule has 0 bridgehead atoms. The van der Waals surface area contributed by atoms with Crippen LogP contribution in [-0.2, 0) is 10.3 Å². The number of aromatic nitrogens is 3. The van der Waals surface area contributed by atoms with Gasteiger partial charge in [0.1, 0.15) is 5.60 Å². The number of nitrogens with two attached hydrogens (primary N) is 1. The second kappa shape index (κ2) is 3.70. The molecule has 0 aromatic carbocycles. The highest BCUT2D eigenvalue weighted by molar-refractivity contribution is 7.71. The van der Waals surface area contributed by atoms with E-state index in [1.807, 2.05) is 27.7 Å². The van der Waals surface area contributed by atoms with Crippen LogP contribution >= 0.6 is 12.2 Å². The first-order valence-electron chi connectivity index (χ1n) is 4.45. The molecule has 0 aliphatic rings. The SMILES string of the molecule is CC(C)OC(C)(C)c1n[nH]c(=S)n1N. The van der Waals surface area contributed by atoms with E-state index in [4.69, 9.17) is 22.8 Å². The topological polar surface area (TPSA) is 68.9 Å². The first-order valence-corrected chi connectivity index (χ1v) is 4.86. The van der Waals surface area contributed by atoms with E-state index in [-0.39, 0.29) is 6.10 Å². The number of H-pyrrole nitrogens is 1. The highest BCUT2D eigenvalue weighted by Gasteiger charge is 2.28. The third-order valence-corrected chi connectivity index (χ3v) is 2.06. The molecule has 0 saturated carbocycles. The average Bonchev–Trinajstić information content (AvgIpc) is 2.30. The van der Waals surface area contributed by atoms with E-state index < -0.39 is 5.60 Å². The fraction of sp³-hybridized carbons (Fsp3) is 0.750. The quantitative estimate of drug-likeness (QED) is 0.590. The lowest BCUT2D eigenvalue weighted by Crippen LogP contribution is -2.31. The van der Waals surface area contributed by atoms with Crippen molar-refractivity contribution in [1.82, 2.24) is 14.9 Å². The summed E-state index contributed by atoms with van der Waals surface area (Å²) in [4.78, 5) is 0. The van der Waals surface area contributed by atoms with Crippen LogP contribution in [0.4, 0.5) is 0 Å². The Morgan fingerprint density at radius 2 is 2.14 bits per heavy atom. The Kier molecular flexibility index (Phi) is 2.96. The highest BCUT2D eigenvalue weighted by Crippen LogP contribution is 2.23. The van der Waals surface area contributed by atoms with Crippen LogP contribution < -0.4 is 5.84 Å². The molecule has 1 aromatic rings. The van der Waals surface area contributed by atoms with Crippen LogP contribution in [0.2, 0.25) is 0 Å². The number of nitrogens with one attached hydrogen (secondary N) is 1. The zero-order valence-corrected chi connectivity index (χ0v) is 9.68. The van der Waals surface area contributed by atoms with Gasteiger partial charge in [-0.25, -0.2) is 4.68 Å². The third-order valence-electron chi connectivity index (χ3n) is 1.77. The standard InChI is InChI=1S/C8H16N4OS/c1-5(2)13-8(3,4)6-10-11-7(14)12(6)9/h5H,9H2,1-4H3,(H,11,14). The van der Waals surface area contributed by atoms with Crippen LogP contribution in [0.1, 0.15) is 33.5 Å². The molecule has 6 heteroatoms. The maximum atomic E-state index is 5.70. The molecule has 1 heterocycles. The van der Waals surface area contributed by atoms with Gasteiger partial charge in [0.2, 0.25) is 4.77 Å². The molecule has 0 atom stereocenters. The monoisotopic (exact) mass is 216 g/mol. The summed E-state index contributed by atoms with van der Waals surface area (Å²) < 4.78 is 7.41. The Labute approximate surface area is 88.2 Å². The molecule has 0 fully saturated rings. The number of hydrogen-bond donors (Lipinski definition) is 2. The van der Waals surface area contributed by atoms with Gasteiger partial charge >= 0.3 is 0 Å². The van der Waals surface area contributed by atoms with Gasteiger partial charge in [-0.1, -0.05) is 0 Å². The molecule has 5 nitrogen and oxygen atoms in total. The largest absolute Gasteiger partial charge is 0.365 e. The van der Waals surface area contributed by atoms with Gasteiger partial charge in [0.05, 0.1) is 6.10 Å². The van der Waals surface area contributed by atoms with Crippen molar-refractivity contribution in [2.24, 2.45) is 0 Å². The molecule has 0 amide bonds. The molecule has 0 spiro atoms. The van der Waals surface area contributed by atoms with Crippen molar-refractivity contribution in [1.29, 1.82) is 0 Å². The van der Waals surface area contributed by atoms with Crippen molar-refractivity contribution in [3.05, 3.63) is 10.6 Å². The van der Waals surface area contributed by atoms with Crippen LogP contribution in [0.25, 0.3) is 0 Å². The van der Waals surface area contributed by atoms with Crippen molar-refractivity contribution >= 4 is 12.2 Å². The van der Waals surface area contributed by atoms with Crippen molar-refractivity contribution < 1.29 is 4.74 Å². The van der Waals surface area contributed by atoms with Crippen molar-refractivity contribution in [2.45, 2.75) is 39.4 Å². The summed E-state index contributed by atoms with van der Waals surface area (Å²) in [5.41, 5.74) is -0.545. The molecule has 14 heavy (non-hydrogen) atoms. The van der Waals surface area contributed by atoms with E-state index in [1.54, 1.807) is 0 Å². The van der Waals surface area contributed by atoms with Gasteiger partial charge < -0.3 is 10.6 Å². The van der Waals surface area contributed by atoms with Crippen molar-refractivity contribution in [3.8, 4) is 0 Å². The minimum atomic E-state index is -0.545. The molecule has 3 N–H and O–H groups in total. The van der Waals surface area contributed by atoms with E-state index in [0.29, 0.717) is 10.6 Å². The first-order chi connectivity index (χ1) is 6.34. The molecule has 0 aliphatic carbocycles. The number of nitrogens with zero attached hydrogens (tertiary/aromatic N) is 2. The van der Waals surface area contributed by atoms with Gasteiger partial charge in [0.15, 0.2) is 5.82 Å². The lowest BCUT2D eigenvalue weighted by Gasteiger charge is -2.26. The van der Waals surface area contributed by atoms with Crippen LogP contribution in [0.15, 0.2) is 0 Å². The molecule has 0 radical (unpaired) electrons. The molecular weight excluding hydrogens is 200 g/mol. The Morgan fingerprint density at radius 1 is 1.57 bits per heavy atom. The van der Waals surface area contributed by atoms with Crippen LogP contribution in [-0.4, -0.2) is 21.0 Å². The maximum absolute atomic E-state index is 5.70. The number of hydrogen-bond acceptors (Lipinski definition) is 4. The predicted octanol–water partition coefficient (Wildman–Crippen LogP) is 1.31. The lowest BCUT2D eigenvalue weighted by atomic mass is 10.1. The molecule has 80 valence electrons. The molecule has 0 saturated heterocycles.